The molecule has 3 heterocycles. The first-order chi connectivity index (χ1) is 14.2. The smallest absolute Gasteiger partial charge is 0.254 e. The van der Waals surface area contributed by atoms with Crippen molar-refractivity contribution in [3.63, 3.8) is 0 Å². The lowest BCUT2D eigenvalue weighted by molar-refractivity contribution is 0.0722. The van der Waals surface area contributed by atoms with Crippen LogP contribution in [0.1, 0.15) is 33.2 Å². The Balaban J connectivity index is 1.41. The van der Waals surface area contributed by atoms with Gasteiger partial charge in [0.1, 0.15) is 0 Å². The number of aromatic nitrogens is 6. The quantitative estimate of drug-likeness (QED) is 0.585. The van der Waals surface area contributed by atoms with Crippen LogP contribution in [-0.2, 0) is 13.6 Å². The summed E-state index contributed by atoms with van der Waals surface area (Å²) < 4.78 is 0. The van der Waals surface area contributed by atoms with Crippen LogP contribution in [-0.4, -0.2) is 47.5 Å². The number of fused-ring (bicyclic) bond motifs is 1. The maximum Gasteiger partial charge on any atom is 0.254 e. The molecule has 1 N–H and O–H groups in total. The largest absolute Gasteiger partial charge is 0.347 e. The van der Waals surface area contributed by atoms with Crippen LogP contribution in [0.5, 0.6) is 0 Å². The summed E-state index contributed by atoms with van der Waals surface area (Å²) in [5.74, 6) is 0.582. The van der Waals surface area contributed by atoms with Gasteiger partial charge in [-0.05, 0) is 22.9 Å². The number of imidazole rings is 1. The number of benzene rings is 2. The summed E-state index contributed by atoms with van der Waals surface area (Å²) in [6.45, 7) is 1.11. The van der Waals surface area contributed by atoms with Crippen LogP contribution in [0.15, 0.2) is 60.9 Å². The Morgan fingerprint density at radius 2 is 1.90 bits per heavy atom. The predicted octanol–water partition coefficient (Wildman–Crippen LogP) is 2.39. The fourth-order valence-corrected chi connectivity index (χ4v) is 3.77. The Labute approximate surface area is 167 Å². The molecule has 0 fully saturated rings. The van der Waals surface area contributed by atoms with E-state index in [1.165, 1.54) is 4.80 Å². The number of aryl methyl sites for hydroxylation is 1. The number of nitrogens with one attached hydrogen (secondary N) is 1. The zero-order valence-corrected chi connectivity index (χ0v) is 15.9. The number of amides is 1. The summed E-state index contributed by atoms with van der Waals surface area (Å²) in [6, 6.07) is 17.5. The SMILES string of the molecule is Cn1nnc(-c2ccc(C(=O)N3Cc4[nH]cnc4C(c4ccccc4)C3)cc2)n1. The Morgan fingerprint density at radius 3 is 2.62 bits per heavy atom. The van der Waals surface area contributed by atoms with Crippen LogP contribution in [0.2, 0.25) is 0 Å². The van der Waals surface area contributed by atoms with Gasteiger partial charge in [0.2, 0.25) is 5.82 Å². The van der Waals surface area contributed by atoms with Crippen molar-refractivity contribution in [3.8, 4) is 11.4 Å². The van der Waals surface area contributed by atoms with Crippen molar-refractivity contribution in [1.82, 2.24) is 35.1 Å². The van der Waals surface area contributed by atoms with E-state index >= 15 is 0 Å². The van der Waals surface area contributed by atoms with Gasteiger partial charge in [-0.3, -0.25) is 4.79 Å². The molecule has 2 aromatic heterocycles. The molecule has 5 rings (SSSR count). The number of aromatic amines is 1. The number of rotatable bonds is 3. The van der Waals surface area contributed by atoms with Crippen LogP contribution in [0.4, 0.5) is 0 Å². The molecule has 144 valence electrons. The van der Waals surface area contributed by atoms with E-state index in [9.17, 15) is 4.79 Å². The van der Waals surface area contributed by atoms with Gasteiger partial charge in [0, 0.05) is 23.6 Å². The van der Waals surface area contributed by atoms with Gasteiger partial charge in [0.25, 0.3) is 5.91 Å². The molecule has 1 aliphatic rings. The zero-order valence-electron chi connectivity index (χ0n) is 15.9. The molecule has 1 atom stereocenters. The molecule has 1 aliphatic heterocycles. The Hall–Kier alpha value is -3.81. The third kappa shape index (κ3) is 3.18. The number of nitrogens with zero attached hydrogens (tertiary/aromatic N) is 6. The van der Waals surface area contributed by atoms with E-state index in [0.29, 0.717) is 24.5 Å². The van der Waals surface area contributed by atoms with Gasteiger partial charge in [0.05, 0.1) is 31.3 Å². The third-order valence-corrected chi connectivity index (χ3v) is 5.22. The molecule has 0 radical (unpaired) electrons. The number of hydrogen-bond acceptors (Lipinski definition) is 5. The highest BCUT2D eigenvalue weighted by atomic mass is 16.2. The summed E-state index contributed by atoms with van der Waals surface area (Å²) >= 11 is 0. The zero-order chi connectivity index (χ0) is 19.8. The standard InChI is InChI=1S/C21H19N7O/c1-27-25-20(24-26-27)15-7-9-16(10-8-15)21(29)28-11-17(14-5-3-2-4-6-14)19-18(12-28)22-13-23-19/h2-10,13,17H,11-12H2,1H3,(H,22,23). The van der Waals surface area contributed by atoms with Crippen molar-refractivity contribution in [1.29, 1.82) is 0 Å². The number of carbonyl (C=O) groups excluding carboxylic acids is 1. The van der Waals surface area contributed by atoms with E-state index in [0.717, 1.165) is 22.5 Å². The van der Waals surface area contributed by atoms with E-state index < -0.39 is 0 Å². The van der Waals surface area contributed by atoms with Gasteiger partial charge in [-0.25, -0.2) is 4.98 Å². The Morgan fingerprint density at radius 1 is 1.10 bits per heavy atom. The monoisotopic (exact) mass is 385 g/mol. The number of carbonyl (C=O) groups is 1. The predicted molar refractivity (Wildman–Crippen MR) is 106 cm³/mol. The van der Waals surface area contributed by atoms with Crippen LogP contribution >= 0.6 is 0 Å². The molecule has 0 saturated heterocycles. The first-order valence-electron chi connectivity index (χ1n) is 9.40. The van der Waals surface area contributed by atoms with Crippen molar-refractivity contribution >= 4 is 5.91 Å². The van der Waals surface area contributed by atoms with E-state index in [4.69, 9.17) is 0 Å². The third-order valence-electron chi connectivity index (χ3n) is 5.22. The van der Waals surface area contributed by atoms with Crippen LogP contribution in [0, 0.1) is 0 Å². The van der Waals surface area contributed by atoms with Crippen molar-refractivity contribution in [2.24, 2.45) is 7.05 Å². The molecule has 29 heavy (non-hydrogen) atoms. The second kappa shape index (κ2) is 6.97. The maximum absolute atomic E-state index is 13.2. The van der Waals surface area contributed by atoms with Crippen LogP contribution in [0.25, 0.3) is 11.4 Å². The average Bonchev–Trinajstić information content (AvgIpc) is 3.42. The van der Waals surface area contributed by atoms with E-state index in [1.807, 2.05) is 47.4 Å². The second-order valence-corrected chi connectivity index (χ2v) is 7.10. The van der Waals surface area contributed by atoms with Crippen LogP contribution < -0.4 is 0 Å². The van der Waals surface area contributed by atoms with E-state index in [-0.39, 0.29) is 11.8 Å². The van der Waals surface area contributed by atoms with Gasteiger partial charge in [0.15, 0.2) is 0 Å². The second-order valence-electron chi connectivity index (χ2n) is 7.10. The fraction of sp³-hybridized carbons (Fsp3) is 0.190. The minimum Gasteiger partial charge on any atom is -0.347 e. The lowest BCUT2D eigenvalue weighted by Crippen LogP contribution is -2.38. The molecular weight excluding hydrogens is 366 g/mol. The summed E-state index contributed by atoms with van der Waals surface area (Å²) in [5.41, 5.74) is 4.62. The van der Waals surface area contributed by atoms with Gasteiger partial charge in [-0.1, -0.05) is 42.5 Å². The Kier molecular flexibility index (Phi) is 4.16. The molecule has 0 spiro atoms. The molecule has 8 nitrogen and oxygen atoms in total. The average molecular weight is 385 g/mol. The highest BCUT2D eigenvalue weighted by molar-refractivity contribution is 5.94. The lowest BCUT2D eigenvalue weighted by Gasteiger charge is -2.32. The number of tetrazole rings is 1. The lowest BCUT2D eigenvalue weighted by atomic mass is 9.90. The van der Waals surface area contributed by atoms with Crippen molar-refractivity contribution in [3.05, 3.63) is 83.4 Å². The molecule has 1 amide bonds. The fourth-order valence-electron chi connectivity index (χ4n) is 3.77. The number of hydrogen-bond donors (Lipinski definition) is 1. The van der Waals surface area contributed by atoms with E-state index in [1.54, 1.807) is 13.4 Å². The normalized spacial score (nSPS) is 15.9. The van der Waals surface area contributed by atoms with Gasteiger partial charge >= 0.3 is 0 Å². The summed E-state index contributed by atoms with van der Waals surface area (Å²) in [5, 5.41) is 12.1. The molecular formula is C21H19N7O. The van der Waals surface area contributed by atoms with Crippen molar-refractivity contribution < 1.29 is 4.79 Å². The topological polar surface area (TPSA) is 92.6 Å². The maximum atomic E-state index is 13.2. The highest BCUT2D eigenvalue weighted by Gasteiger charge is 2.31. The Bertz CT molecular complexity index is 1150. The molecule has 0 bridgehead atoms. The van der Waals surface area contributed by atoms with E-state index in [2.05, 4.69) is 37.5 Å². The molecule has 4 aromatic rings. The van der Waals surface area contributed by atoms with Crippen molar-refractivity contribution in [2.45, 2.75) is 12.5 Å². The van der Waals surface area contributed by atoms with Gasteiger partial charge in [-0.15, -0.1) is 10.2 Å². The summed E-state index contributed by atoms with van der Waals surface area (Å²) in [6.07, 6.45) is 1.71. The molecule has 0 saturated carbocycles. The van der Waals surface area contributed by atoms with Gasteiger partial charge in [-0.2, -0.15) is 4.80 Å². The number of H-pyrrole nitrogens is 1. The first kappa shape index (κ1) is 17.3. The first-order valence-corrected chi connectivity index (χ1v) is 9.40. The molecule has 1 unspecified atom stereocenters. The molecule has 8 heteroatoms. The summed E-state index contributed by atoms with van der Waals surface area (Å²) in [4.78, 5) is 24.2. The summed E-state index contributed by atoms with van der Waals surface area (Å²) in [7, 11) is 1.72. The van der Waals surface area contributed by atoms with Crippen molar-refractivity contribution in [2.75, 3.05) is 6.54 Å². The van der Waals surface area contributed by atoms with Gasteiger partial charge < -0.3 is 9.88 Å². The van der Waals surface area contributed by atoms with Crippen LogP contribution in [0.3, 0.4) is 0 Å². The molecule has 0 aliphatic carbocycles. The minimum absolute atomic E-state index is 0.00941. The minimum atomic E-state index is -0.00941. The highest BCUT2D eigenvalue weighted by Crippen LogP contribution is 2.32. The molecule has 2 aromatic carbocycles.